The Balaban J connectivity index is 1.22. The zero-order valence-corrected chi connectivity index (χ0v) is 27.1. The number of hydrogen-bond acceptors (Lipinski definition) is 6. The Hall–Kier alpha value is -4.19. The molecule has 11 heteroatoms. The molecule has 2 aliphatic rings. The first-order valence-electron chi connectivity index (χ1n) is 16.3. The number of nitrogens with one attached hydrogen (secondary N) is 1. The molecule has 2 saturated heterocycles. The number of rotatable bonds is 16. The molecular formula is C37H42F2N2O7. The number of carbonyl (C=O) groups excluding carboxylic acids is 2. The van der Waals surface area contributed by atoms with Crippen molar-refractivity contribution in [1.29, 1.82) is 0 Å². The minimum Gasteiger partial charge on any atom is -0.481 e. The van der Waals surface area contributed by atoms with Crippen LogP contribution in [0, 0.1) is 23.5 Å². The fourth-order valence-corrected chi connectivity index (χ4v) is 6.28. The molecule has 0 aromatic heterocycles. The molecule has 2 unspecified atom stereocenters. The number of carboxylic acids is 1. The number of aliphatic hydroxyl groups is 1. The van der Waals surface area contributed by atoms with Gasteiger partial charge in [0.15, 0.2) is 0 Å². The van der Waals surface area contributed by atoms with Crippen LogP contribution in [0.15, 0.2) is 72.8 Å². The predicted molar refractivity (Wildman–Crippen MR) is 174 cm³/mol. The smallest absolute Gasteiger partial charge is 0.305 e. The Labute approximate surface area is 278 Å². The van der Waals surface area contributed by atoms with E-state index < -0.39 is 35.5 Å². The standard InChI is InChI=1S/C37H42F2N2O7/c1-23(2)31(19-34(44)45)40-33(43)20-48-37(21-47-22-37)18-17-24-3-5-26(6-4-24)35-30(15-16-32(42)25-7-9-27(38)10-8-25)36(46)41(35)29-13-11-28(39)12-14-29/h3-14,23,30-32,35,42H,15-22H2,1-2H3,(H,40,43)(H,44,45)/t30-,31?,32?,35-/m1/s1. The highest BCUT2D eigenvalue weighted by atomic mass is 19.1. The molecule has 0 radical (unpaired) electrons. The lowest BCUT2D eigenvalue weighted by Crippen LogP contribution is -2.55. The van der Waals surface area contributed by atoms with Crippen molar-refractivity contribution in [2.75, 3.05) is 24.7 Å². The van der Waals surface area contributed by atoms with E-state index >= 15 is 0 Å². The van der Waals surface area contributed by atoms with Gasteiger partial charge in [0, 0.05) is 11.7 Å². The van der Waals surface area contributed by atoms with Crippen molar-refractivity contribution in [3.63, 3.8) is 0 Å². The van der Waals surface area contributed by atoms with Gasteiger partial charge in [-0.3, -0.25) is 14.4 Å². The van der Waals surface area contributed by atoms with E-state index in [4.69, 9.17) is 14.6 Å². The molecule has 4 atom stereocenters. The van der Waals surface area contributed by atoms with Crippen LogP contribution >= 0.6 is 0 Å². The molecule has 0 spiro atoms. The van der Waals surface area contributed by atoms with Gasteiger partial charge in [-0.1, -0.05) is 50.2 Å². The summed E-state index contributed by atoms with van der Waals surface area (Å²) in [4.78, 5) is 38.8. The average molecular weight is 665 g/mol. The van der Waals surface area contributed by atoms with Gasteiger partial charge in [0.05, 0.1) is 37.7 Å². The number of aryl methyl sites for hydroxylation is 1. The third-order valence-electron chi connectivity index (χ3n) is 9.30. The predicted octanol–water partition coefficient (Wildman–Crippen LogP) is 5.52. The van der Waals surface area contributed by atoms with Crippen LogP contribution in [0.2, 0.25) is 0 Å². The molecule has 2 amide bonds. The Morgan fingerprint density at radius 3 is 2.19 bits per heavy atom. The maximum Gasteiger partial charge on any atom is 0.305 e. The lowest BCUT2D eigenvalue weighted by Gasteiger charge is -2.48. The molecule has 3 aromatic carbocycles. The van der Waals surface area contributed by atoms with E-state index in [-0.39, 0.29) is 42.6 Å². The minimum atomic E-state index is -0.979. The topological polar surface area (TPSA) is 125 Å². The molecule has 5 rings (SSSR count). The maximum absolute atomic E-state index is 13.7. The van der Waals surface area contributed by atoms with Gasteiger partial charge in [-0.25, -0.2) is 8.78 Å². The fraction of sp³-hybridized carbons (Fsp3) is 0.432. The fourth-order valence-electron chi connectivity index (χ4n) is 6.28. The molecule has 256 valence electrons. The van der Waals surface area contributed by atoms with E-state index in [0.29, 0.717) is 50.1 Å². The number of nitrogens with zero attached hydrogens (tertiary/aromatic N) is 1. The van der Waals surface area contributed by atoms with Crippen LogP contribution in [0.1, 0.15) is 68.4 Å². The van der Waals surface area contributed by atoms with E-state index in [1.165, 1.54) is 36.4 Å². The minimum absolute atomic E-state index is 0.0434. The molecule has 9 nitrogen and oxygen atoms in total. The van der Waals surface area contributed by atoms with E-state index in [0.717, 1.165) is 11.1 Å². The summed E-state index contributed by atoms with van der Waals surface area (Å²) in [6.07, 6.45) is 0.964. The summed E-state index contributed by atoms with van der Waals surface area (Å²) in [5.74, 6) is -2.70. The van der Waals surface area contributed by atoms with Crippen molar-refractivity contribution in [1.82, 2.24) is 5.32 Å². The van der Waals surface area contributed by atoms with Crippen LogP contribution in [0.25, 0.3) is 0 Å². The lowest BCUT2D eigenvalue weighted by molar-refractivity contribution is -0.212. The number of carboxylic acid groups (broad SMARTS) is 1. The molecule has 3 N–H and O–H groups in total. The number of benzene rings is 3. The summed E-state index contributed by atoms with van der Waals surface area (Å²) < 4.78 is 38.5. The summed E-state index contributed by atoms with van der Waals surface area (Å²) in [5.41, 5.74) is 2.48. The highest BCUT2D eigenvalue weighted by Crippen LogP contribution is 2.46. The molecule has 2 aliphatic heterocycles. The number of amides is 2. The number of anilines is 1. The van der Waals surface area contributed by atoms with Gasteiger partial charge < -0.3 is 29.9 Å². The van der Waals surface area contributed by atoms with Crippen molar-refractivity contribution in [3.05, 3.63) is 101 Å². The van der Waals surface area contributed by atoms with Gasteiger partial charge in [0.2, 0.25) is 11.8 Å². The number of ether oxygens (including phenoxy) is 2. The van der Waals surface area contributed by atoms with Gasteiger partial charge >= 0.3 is 5.97 Å². The first-order chi connectivity index (χ1) is 22.9. The van der Waals surface area contributed by atoms with Crippen molar-refractivity contribution in [2.24, 2.45) is 11.8 Å². The number of halogens is 2. The molecule has 0 bridgehead atoms. The van der Waals surface area contributed by atoms with Crippen molar-refractivity contribution in [2.45, 2.75) is 69.7 Å². The zero-order valence-electron chi connectivity index (χ0n) is 27.1. The van der Waals surface area contributed by atoms with Crippen LogP contribution < -0.4 is 10.2 Å². The Morgan fingerprint density at radius 1 is 1.00 bits per heavy atom. The number of hydrogen-bond donors (Lipinski definition) is 3. The van der Waals surface area contributed by atoms with Crippen LogP contribution in [0.3, 0.4) is 0 Å². The van der Waals surface area contributed by atoms with Crippen molar-refractivity contribution >= 4 is 23.5 Å². The number of carbonyl (C=O) groups is 3. The molecule has 0 aliphatic carbocycles. The maximum atomic E-state index is 13.7. The van der Waals surface area contributed by atoms with Crippen molar-refractivity contribution < 1.29 is 42.9 Å². The van der Waals surface area contributed by atoms with Crippen molar-refractivity contribution in [3.8, 4) is 0 Å². The second kappa shape index (κ2) is 15.4. The van der Waals surface area contributed by atoms with Crippen LogP contribution in [-0.4, -0.2) is 59.5 Å². The molecular weight excluding hydrogens is 622 g/mol. The third kappa shape index (κ3) is 8.44. The monoisotopic (exact) mass is 664 g/mol. The molecule has 2 heterocycles. The third-order valence-corrected chi connectivity index (χ3v) is 9.30. The van der Waals surface area contributed by atoms with E-state index in [1.54, 1.807) is 17.0 Å². The van der Waals surface area contributed by atoms with E-state index in [2.05, 4.69) is 5.32 Å². The Kier molecular flexibility index (Phi) is 11.2. The van der Waals surface area contributed by atoms with Gasteiger partial charge in [-0.2, -0.15) is 0 Å². The highest BCUT2D eigenvalue weighted by molar-refractivity contribution is 6.03. The average Bonchev–Trinajstić information content (AvgIpc) is 3.04. The summed E-state index contributed by atoms with van der Waals surface area (Å²) in [5, 5.41) is 22.6. The van der Waals surface area contributed by atoms with Crippen LogP contribution in [-0.2, 0) is 30.3 Å². The quantitative estimate of drug-likeness (QED) is 0.172. The zero-order chi connectivity index (χ0) is 34.4. The van der Waals surface area contributed by atoms with E-state index in [9.17, 15) is 28.3 Å². The summed E-state index contributed by atoms with van der Waals surface area (Å²) in [6.45, 7) is 4.21. The van der Waals surface area contributed by atoms with Crippen LogP contribution in [0.4, 0.5) is 14.5 Å². The normalized spacial score (nSPS) is 19.7. The summed E-state index contributed by atoms with van der Waals surface area (Å²) in [6, 6.07) is 18.6. The van der Waals surface area contributed by atoms with Gasteiger partial charge in [0.1, 0.15) is 23.8 Å². The number of aliphatic carboxylic acids is 1. The second-order valence-electron chi connectivity index (χ2n) is 13.1. The SMILES string of the molecule is CC(C)C(CC(=O)O)NC(=O)COC1(CCc2ccc([C@@H]3[C@@H](CCC(O)c4ccc(F)cc4)C(=O)N3c3ccc(F)cc3)cc2)COC1. The molecule has 2 fully saturated rings. The second-order valence-corrected chi connectivity index (χ2v) is 13.1. The van der Waals surface area contributed by atoms with Gasteiger partial charge in [0.25, 0.3) is 0 Å². The highest BCUT2D eigenvalue weighted by Gasteiger charge is 2.48. The van der Waals surface area contributed by atoms with E-state index in [1.807, 2.05) is 38.1 Å². The first-order valence-corrected chi connectivity index (χ1v) is 16.3. The first kappa shape index (κ1) is 35.1. The Morgan fingerprint density at radius 2 is 1.62 bits per heavy atom. The summed E-state index contributed by atoms with van der Waals surface area (Å²) >= 11 is 0. The lowest BCUT2D eigenvalue weighted by atomic mass is 9.78. The Bertz CT molecular complexity index is 1560. The number of aliphatic hydroxyl groups excluding tert-OH is 1. The molecule has 3 aromatic rings. The molecule has 0 saturated carbocycles. The van der Waals surface area contributed by atoms with Gasteiger partial charge in [-0.05, 0) is 84.7 Å². The largest absolute Gasteiger partial charge is 0.481 e. The number of β-lactam (4-membered cyclic amide) rings is 1. The van der Waals surface area contributed by atoms with Crippen LogP contribution in [0.5, 0.6) is 0 Å². The molecule has 48 heavy (non-hydrogen) atoms. The van der Waals surface area contributed by atoms with Gasteiger partial charge in [-0.15, -0.1) is 0 Å². The summed E-state index contributed by atoms with van der Waals surface area (Å²) in [7, 11) is 0.